The number of hydrogen-bond donors (Lipinski definition) is 1. The number of aryl methyl sites for hydroxylation is 1. The van der Waals surface area contributed by atoms with Gasteiger partial charge >= 0.3 is 0 Å². The van der Waals surface area contributed by atoms with Crippen LogP contribution < -0.4 is 5.32 Å². The summed E-state index contributed by atoms with van der Waals surface area (Å²) in [7, 11) is 2.18. The van der Waals surface area contributed by atoms with Crippen molar-refractivity contribution in [1.29, 1.82) is 0 Å². The normalized spacial score (nSPS) is 15.7. The number of hydrogen-bond acceptors (Lipinski definition) is 2. The van der Waals surface area contributed by atoms with Crippen molar-refractivity contribution >= 4 is 16.8 Å². The number of nitrogens with one attached hydrogen (secondary N) is 1. The maximum Gasteiger partial charge on any atom is 0.240 e. The van der Waals surface area contributed by atoms with Crippen molar-refractivity contribution < 1.29 is 4.79 Å². The molecule has 0 bridgehead atoms. The van der Waals surface area contributed by atoms with Crippen LogP contribution in [0.1, 0.15) is 30.7 Å². The van der Waals surface area contributed by atoms with E-state index in [9.17, 15) is 4.79 Å². The molecule has 124 valence electrons. The summed E-state index contributed by atoms with van der Waals surface area (Å²) in [6, 6.07) is 6.77. The van der Waals surface area contributed by atoms with Crippen LogP contribution in [0.2, 0.25) is 0 Å². The quantitative estimate of drug-likeness (QED) is 0.945. The van der Waals surface area contributed by atoms with Gasteiger partial charge in [0.2, 0.25) is 5.91 Å². The smallest absolute Gasteiger partial charge is 0.240 e. The van der Waals surface area contributed by atoms with Gasteiger partial charge in [0.1, 0.15) is 6.54 Å². The number of benzene rings is 1. The fourth-order valence-electron chi connectivity index (χ4n) is 3.56. The molecule has 2 aromatic rings. The highest BCUT2D eigenvalue weighted by atomic mass is 16.2. The van der Waals surface area contributed by atoms with E-state index < -0.39 is 0 Å². The van der Waals surface area contributed by atoms with Crippen LogP contribution in [0.5, 0.6) is 0 Å². The van der Waals surface area contributed by atoms with Crippen LogP contribution in [0.15, 0.2) is 18.2 Å². The minimum Gasteiger partial charge on any atom is -0.352 e. The highest BCUT2D eigenvalue weighted by molar-refractivity contribution is 5.88. The van der Waals surface area contributed by atoms with Gasteiger partial charge in [0.05, 0.1) is 0 Å². The van der Waals surface area contributed by atoms with Gasteiger partial charge in [-0.25, -0.2) is 0 Å². The van der Waals surface area contributed by atoms with Crippen LogP contribution >= 0.6 is 0 Å². The number of carbonyl (C=O) groups is 1. The molecule has 0 radical (unpaired) electrons. The van der Waals surface area contributed by atoms with Crippen molar-refractivity contribution in [2.75, 3.05) is 20.1 Å². The molecule has 0 atom stereocenters. The molecule has 3 rings (SSSR count). The highest BCUT2D eigenvalue weighted by Gasteiger charge is 2.21. The van der Waals surface area contributed by atoms with Gasteiger partial charge < -0.3 is 14.8 Å². The number of carbonyl (C=O) groups excluding carboxylic acids is 1. The maximum atomic E-state index is 12.3. The predicted molar refractivity (Wildman–Crippen MR) is 94.9 cm³/mol. The van der Waals surface area contributed by atoms with Crippen LogP contribution in [-0.2, 0) is 24.2 Å². The molecule has 1 amide bonds. The summed E-state index contributed by atoms with van der Waals surface area (Å²) >= 11 is 0. The number of rotatable bonds is 3. The van der Waals surface area contributed by atoms with Gasteiger partial charge in [-0.2, -0.15) is 0 Å². The van der Waals surface area contributed by atoms with Crippen molar-refractivity contribution in [3.8, 4) is 0 Å². The van der Waals surface area contributed by atoms with E-state index in [-0.39, 0.29) is 11.9 Å². The summed E-state index contributed by atoms with van der Waals surface area (Å²) in [6.07, 6.45) is 2.07. The molecule has 1 N–H and O–H groups in total. The third kappa shape index (κ3) is 3.27. The van der Waals surface area contributed by atoms with Crippen molar-refractivity contribution in [1.82, 2.24) is 14.8 Å². The van der Waals surface area contributed by atoms with E-state index in [1.165, 1.54) is 27.7 Å². The second-order valence-corrected chi connectivity index (χ2v) is 7.06. The maximum absolute atomic E-state index is 12.3. The molecule has 4 heteroatoms. The molecule has 23 heavy (non-hydrogen) atoms. The molecule has 0 spiro atoms. The lowest BCUT2D eigenvalue weighted by molar-refractivity contribution is -0.122. The van der Waals surface area contributed by atoms with Gasteiger partial charge in [-0.05, 0) is 51.9 Å². The fourth-order valence-corrected chi connectivity index (χ4v) is 3.56. The van der Waals surface area contributed by atoms with Gasteiger partial charge in [-0.15, -0.1) is 0 Å². The van der Waals surface area contributed by atoms with Crippen LogP contribution in [0.3, 0.4) is 0 Å². The Morgan fingerprint density at radius 1 is 1.26 bits per heavy atom. The van der Waals surface area contributed by atoms with E-state index in [0.29, 0.717) is 6.54 Å². The first-order chi connectivity index (χ1) is 11.0. The monoisotopic (exact) mass is 313 g/mol. The Morgan fingerprint density at radius 2 is 2.00 bits per heavy atom. The van der Waals surface area contributed by atoms with Crippen LogP contribution in [-0.4, -0.2) is 41.6 Å². The molecule has 2 heterocycles. The number of aromatic nitrogens is 1. The Bertz CT molecular complexity index is 730. The van der Waals surface area contributed by atoms with Crippen LogP contribution in [0.25, 0.3) is 10.9 Å². The van der Waals surface area contributed by atoms with E-state index in [4.69, 9.17) is 0 Å². The van der Waals surface area contributed by atoms with Gasteiger partial charge in [0, 0.05) is 42.1 Å². The summed E-state index contributed by atoms with van der Waals surface area (Å²) in [5.41, 5.74) is 5.25. The third-order valence-electron chi connectivity index (χ3n) is 4.67. The zero-order valence-corrected chi connectivity index (χ0v) is 14.6. The molecule has 4 nitrogen and oxygen atoms in total. The van der Waals surface area contributed by atoms with Crippen molar-refractivity contribution in [2.24, 2.45) is 0 Å². The molecular weight excluding hydrogens is 286 g/mol. The topological polar surface area (TPSA) is 37.3 Å². The number of fused-ring (bicyclic) bond motifs is 3. The van der Waals surface area contributed by atoms with E-state index >= 15 is 0 Å². The molecular formula is C19H27N3O. The standard InChI is InChI=1S/C19H27N3O/c1-13(2)20-19(23)12-22-17-6-5-14(3)11-16(17)15-7-9-21(4)10-8-18(15)22/h5-6,11,13H,7-10,12H2,1-4H3,(H,20,23). The molecule has 0 unspecified atom stereocenters. The van der Waals surface area contributed by atoms with E-state index in [1.807, 2.05) is 13.8 Å². The lowest BCUT2D eigenvalue weighted by atomic mass is 10.1. The minimum atomic E-state index is 0.0953. The van der Waals surface area contributed by atoms with Crippen molar-refractivity contribution in [2.45, 2.75) is 46.2 Å². The van der Waals surface area contributed by atoms with Gasteiger partial charge in [-0.1, -0.05) is 11.6 Å². The third-order valence-corrected chi connectivity index (χ3v) is 4.67. The van der Waals surface area contributed by atoms with Crippen molar-refractivity contribution in [3.63, 3.8) is 0 Å². The minimum absolute atomic E-state index is 0.0953. The first-order valence-electron chi connectivity index (χ1n) is 8.54. The van der Waals surface area contributed by atoms with Gasteiger partial charge in [-0.3, -0.25) is 4.79 Å². The lowest BCUT2D eigenvalue weighted by Crippen LogP contribution is -2.33. The van der Waals surface area contributed by atoms with Gasteiger partial charge in [0.15, 0.2) is 0 Å². The molecule has 0 aliphatic carbocycles. The second-order valence-electron chi connectivity index (χ2n) is 7.06. The molecule has 1 aliphatic rings. The summed E-state index contributed by atoms with van der Waals surface area (Å²) in [5.74, 6) is 0.0953. The Morgan fingerprint density at radius 3 is 2.74 bits per heavy atom. The Balaban J connectivity index is 2.07. The summed E-state index contributed by atoms with van der Waals surface area (Å²) in [5, 5.41) is 4.34. The Labute approximate surface area is 138 Å². The lowest BCUT2D eigenvalue weighted by Gasteiger charge is -2.15. The Hall–Kier alpha value is -1.81. The number of amides is 1. The number of likely N-dealkylation sites (N-methyl/N-ethyl adjacent to an activating group) is 1. The second kappa shape index (κ2) is 6.36. The van der Waals surface area contributed by atoms with E-state index in [1.54, 1.807) is 0 Å². The molecule has 1 aliphatic heterocycles. The SMILES string of the molecule is Cc1ccc2c(c1)c1c(n2CC(=O)NC(C)C)CCN(C)CC1. The van der Waals surface area contributed by atoms with E-state index in [0.717, 1.165) is 25.9 Å². The molecule has 0 fully saturated rings. The molecule has 1 aromatic heterocycles. The summed E-state index contributed by atoms with van der Waals surface area (Å²) in [4.78, 5) is 14.7. The largest absolute Gasteiger partial charge is 0.352 e. The first kappa shape index (κ1) is 16.1. The first-order valence-corrected chi connectivity index (χ1v) is 8.54. The van der Waals surface area contributed by atoms with Gasteiger partial charge in [0.25, 0.3) is 0 Å². The number of nitrogens with zero attached hydrogens (tertiary/aromatic N) is 2. The molecule has 0 saturated carbocycles. The molecule has 1 aromatic carbocycles. The fraction of sp³-hybridized carbons (Fsp3) is 0.526. The predicted octanol–water partition coefficient (Wildman–Crippen LogP) is 2.50. The Kier molecular flexibility index (Phi) is 4.44. The summed E-state index contributed by atoms with van der Waals surface area (Å²) < 4.78 is 2.24. The van der Waals surface area contributed by atoms with Crippen LogP contribution in [0.4, 0.5) is 0 Å². The van der Waals surface area contributed by atoms with Crippen LogP contribution in [0, 0.1) is 6.92 Å². The zero-order valence-electron chi connectivity index (χ0n) is 14.6. The average Bonchev–Trinajstić information content (AvgIpc) is 2.61. The van der Waals surface area contributed by atoms with Crippen molar-refractivity contribution in [3.05, 3.63) is 35.0 Å². The van der Waals surface area contributed by atoms with E-state index in [2.05, 4.69) is 47.0 Å². The highest BCUT2D eigenvalue weighted by Crippen LogP contribution is 2.30. The zero-order chi connectivity index (χ0) is 16.6. The average molecular weight is 313 g/mol. The summed E-state index contributed by atoms with van der Waals surface area (Å²) in [6.45, 7) is 8.69. The molecule has 0 saturated heterocycles.